The van der Waals surface area contributed by atoms with Crippen LogP contribution in [-0.2, 0) is 24.0 Å². The number of unbranched alkanes of at least 4 members (excludes halogenated alkanes) is 1. The van der Waals surface area contributed by atoms with Gasteiger partial charge in [-0.1, -0.05) is 6.42 Å². The summed E-state index contributed by atoms with van der Waals surface area (Å²) in [6.45, 7) is -0.197. The first-order valence-corrected chi connectivity index (χ1v) is 11.3. The lowest BCUT2D eigenvalue weighted by Gasteiger charge is -2.24. The zero-order chi connectivity index (χ0) is 23.8. The van der Waals surface area contributed by atoms with Crippen molar-refractivity contribution < 1.29 is 34.2 Å². The predicted octanol–water partition coefficient (Wildman–Crippen LogP) is -1.77. The average molecular weight is 464 g/mol. The van der Waals surface area contributed by atoms with Crippen LogP contribution < -0.4 is 27.4 Å². The fraction of sp³-hybridized carbons (Fsp3) is 0.722. The molecule has 0 heterocycles. The summed E-state index contributed by atoms with van der Waals surface area (Å²) >= 11 is 1.45. The van der Waals surface area contributed by atoms with Crippen LogP contribution in [0, 0.1) is 0 Å². The lowest BCUT2D eigenvalue weighted by atomic mass is 10.1. The Balaban J connectivity index is 5.16. The molecule has 0 rings (SSSR count). The van der Waals surface area contributed by atoms with E-state index in [4.69, 9.17) is 21.7 Å². The number of carbonyl (C=O) groups excluding carboxylic acids is 3. The second-order valence-electron chi connectivity index (χ2n) is 6.84. The van der Waals surface area contributed by atoms with Gasteiger partial charge in [0.2, 0.25) is 17.7 Å². The second-order valence-corrected chi connectivity index (χ2v) is 7.82. The number of nitrogens with one attached hydrogen (secondary N) is 3. The van der Waals surface area contributed by atoms with Crippen molar-refractivity contribution in [3.63, 3.8) is 0 Å². The van der Waals surface area contributed by atoms with Gasteiger partial charge in [0.05, 0.1) is 6.04 Å². The molecule has 9 N–H and O–H groups in total. The van der Waals surface area contributed by atoms with Gasteiger partial charge in [0.25, 0.3) is 0 Å². The summed E-state index contributed by atoms with van der Waals surface area (Å²) in [4.78, 5) is 58.8. The molecule has 31 heavy (non-hydrogen) atoms. The molecule has 0 spiro atoms. The molecule has 3 amide bonds. The summed E-state index contributed by atoms with van der Waals surface area (Å²) in [5.74, 6) is -3.96. The molecule has 0 aromatic heterocycles. The van der Waals surface area contributed by atoms with Crippen LogP contribution >= 0.6 is 11.8 Å². The van der Waals surface area contributed by atoms with E-state index in [1.165, 1.54) is 11.8 Å². The van der Waals surface area contributed by atoms with Crippen molar-refractivity contribution >= 4 is 41.4 Å². The maximum Gasteiger partial charge on any atom is 0.322 e. The Hall–Kier alpha value is -2.38. The number of aliphatic carboxylic acids is 2. The predicted molar refractivity (Wildman–Crippen MR) is 115 cm³/mol. The molecule has 0 aromatic rings. The minimum absolute atomic E-state index is 0.242. The van der Waals surface area contributed by atoms with E-state index in [9.17, 15) is 24.0 Å². The summed E-state index contributed by atoms with van der Waals surface area (Å²) in [6.07, 6.45) is 3.20. The van der Waals surface area contributed by atoms with E-state index >= 15 is 0 Å². The van der Waals surface area contributed by atoms with Crippen molar-refractivity contribution in [2.75, 3.05) is 25.1 Å². The van der Waals surface area contributed by atoms with E-state index in [1.54, 1.807) is 0 Å². The maximum atomic E-state index is 12.7. The Kier molecular flexibility index (Phi) is 15.1. The molecule has 0 aliphatic carbocycles. The van der Waals surface area contributed by atoms with Gasteiger partial charge in [-0.2, -0.15) is 11.8 Å². The molecule has 178 valence electrons. The van der Waals surface area contributed by atoms with Crippen LogP contribution in [0.25, 0.3) is 0 Å². The quantitative estimate of drug-likeness (QED) is 0.120. The largest absolute Gasteiger partial charge is 0.481 e. The number of amides is 3. The highest BCUT2D eigenvalue weighted by molar-refractivity contribution is 7.98. The molecular formula is C18H33N5O7S. The summed E-state index contributed by atoms with van der Waals surface area (Å²) < 4.78 is 0. The highest BCUT2D eigenvalue weighted by Crippen LogP contribution is 2.06. The zero-order valence-corrected chi connectivity index (χ0v) is 18.4. The van der Waals surface area contributed by atoms with Gasteiger partial charge in [-0.15, -0.1) is 0 Å². The molecule has 12 nitrogen and oxygen atoms in total. The van der Waals surface area contributed by atoms with Crippen molar-refractivity contribution in [1.29, 1.82) is 0 Å². The van der Waals surface area contributed by atoms with Crippen LogP contribution in [0.5, 0.6) is 0 Å². The number of rotatable bonds is 17. The fourth-order valence-corrected chi connectivity index (χ4v) is 2.99. The Morgan fingerprint density at radius 1 is 0.871 bits per heavy atom. The molecule has 0 aliphatic heterocycles. The van der Waals surface area contributed by atoms with Gasteiger partial charge in [-0.25, -0.2) is 0 Å². The second kappa shape index (κ2) is 16.3. The van der Waals surface area contributed by atoms with Gasteiger partial charge in [-0.3, -0.25) is 24.0 Å². The summed E-state index contributed by atoms with van der Waals surface area (Å²) in [5, 5.41) is 24.7. The number of carboxylic acids is 2. The molecule has 0 saturated heterocycles. The first-order valence-electron chi connectivity index (χ1n) is 9.89. The van der Waals surface area contributed by atoms with Gasteiger partial charge in [-0.05, 0) is 44.2 Å². The van der Waals surface area contributed by atoms with Gasteiger partial charge in [0.15, 0.2) is 0 Å². The Bertz CT molecular complexity index is 620. The molecule has 0 aliphatic rings. The molecule has 0 bridgehead atoms. The highest BCUT2D eigenvalue weighted by atomic mass is 32.2. The Labute approximate surface area is 185 Å². The molecule has 0 saturated carbocycles. The SMILES string of the molecule is CSCCC(NC(=O)C(N)CCCCN)C(=O)NC(CCC(=O)O)C(=O)NCC(=O)O. The molecule has 13 heteroatoms. The zero-order valence-electron chi connectivity index (χ0n) is 17.6. The number of nitrogens with two attached hydrogens (primary N) is 2. The third kappa shape index (κ3) is 13.5. The van der Waals surface area contributed by atoms with E-state index in [0.717, 1.165) is 0 Å². The lowest BCUT2D eigenvalue weighted by Crippen LogP contribution is -2.56. The van der Waals surface area contributed by atoms with Crippen LogP contribution in [0.4, 0.5) is 0 Å². The third-order valence-electron chi connectivity index (χ3n) is 4.24. The van der Waals surface area contributed by atoms with E-state index in [1.807, 2.05) is 6.26 Å². The smallest absolute Gasteiger partial charge is 0.322 e. The molecule has 3 unspecified atom stereocenters. The average Bonchev–Trinajstić information content (AvgIpc) is 2.71. The molecule has 0 aromatic carbocycles. The maximum absolute atomic E-state index is 12.7. The van der Waals surface area contributed by atoms with Crippen molar-refractivity contribution in [2.24, 2.45) is 11.5 Å². The molecule has 3 atom stereocenters. The lowest BCUT2D eigenvalue weighted by molar-refractivity contribution is -0.140. The Morgan fingerprint density at radius 3 is 2.03 bits per heavy atom. The van der Waals surface area contributed by atoms with E-state index in [-0.39, 0.29) is 12.8 Å². The first-order chi connectivity index (χ1) is 14.6. The fourth-order valence-electron chi connectivity index (χ4n) is 2.52. The number of hydrogen-bond donors (Lipinski definition) is 7. The van der Waals surface area contributed by atoms with E-state index in [0.29, 0.717) is 31.6 Å². The molecular weight excluding hydrogens is 430 g/mol. The van der Waals surface area contributed by atoms with Crippen LogP contribution in [0.2, 0.25) is 0 Å². The standard InChI is InChI=1S/C18H33N5O7S/c1-31-9-7-13(22-16(28)11(20)4-2-3-8-19)18(30)23-12(5-6-14(24)25)17(29)21-10-15(26)27/h11-13H,2-10,19-20H2,1H3,(H,21,29)(H,22,28)(H,23,30)(H,24,25)(H,26,27). The van der Waals surface area contributed by atoms with Crippen LogP contribution in [0.15, 0.2) is 0 Å². The van der Waals surface area contributed by atoms with Crippen LogP contribution in [0.3, 0.4) is 0 Å². The molecule has 0 fully saturated rings. The van der Waals surface area contributed by atoms with E-state index < -0.39 is 60.8 Å². The first kappa shape index (κ1) is 28.6. The highest BCUT2D eigenvalue weighted by Gasteiger charge is 2.28. The summed E-state index contributed by atoms with van der Waals surface area (Å²) in [7, 11) is 0. The van der Waals surface area contributed by atoms with Gasteiger partial charge in [0.1, 0.15) is 18.6 Å². The number of hydrogen-bond acceptors (Lipinski definition) is 8. The van der Waals surface area contributed by atoms with Crippen molar-refractivity contribution in [1.82, 2.24) is 16.0 Å². The van der Waals surface area contributed by atoms with Crippen molar-refractivity contribution in [3.8, 4) is 0 Å². The summed E-state index contributed by atoms with van der Waals surface area (Å²) in [6, 6.07) is -3.08. The van der Waals surface area contributed by atoms with E-state index in [2.05, 4.69) is 16.0 Å². The minimum Gasteiger partial charge on any atom is -0.481 e. The summed E-state index contributed by atoms with van der Waals surface area (Å²) in [5.41, 5.74) is 11.3. The van der Waals surface area contributed by atoms with Crippen molar-refractivity contribution in [3.05, 3.63) is 0 Å². The van der Waals surface area contributed by atoms with Gasteiger partial charge in [0, 0.05) is 6.42 Å². The topological polar surface area (TPSA) is 214 Å². The Morgan fingerprint density at radius 2 is 1.48 bits per heavy atom. The number of carbonyl (C=O) groups is 5. The minimum atomic E-state index is -1.29. The number of carboxylic acid groups (broad SMARTS) is 2. The van der Waals surface area contributed by atoms with Gasteiger partial charge >= 0.3 is 11.9 Å². The number of thioether (sulfide) groups is 1. The normalized spacial score (nSPS) is 13.5. The van der Waals surface area contributed by atoms with Crippen LogP contribution in [0.1, 0.15) is 38.5 Å². The monoisotopic (exact) mass is 463 g/mol. The van der Waals surface area contributed by atoms with Gasteiger partial charge < -0.3 is 37.6 Å². The third-order valence-corrected chi connectivity index (χ3v) is 4.89. The molecule has 0 radical (unpaired) electrons. The van der Waals surface area contributed by atoms with Crippen LogP contribution in [-0.4, -0.2) is 83.1 Å². The van der Waals surface area contributed by atoms with Crippen molar-refractivity contribution in [2.45, 2.75) is 56.7 Å².